The lowest BCUT2D eigenvalue weighted by molar-refractivity contribution is -0.130. The molecule has 2 N–H and O–H groups in total. The van der Waals surface area contributed by atoms with E-state index in [9.17, 15) is 9.90 Å². The normalized spacial score (nSPS) is 16.5. The van der Waals surface area contributed by atoms with Crippen LogP contribution in [0.2, 0.25) is 0 Å². The number of carbonyl (C=O) groups excluding carboxylic acids is 1. The van der Waals surface area contributed by atoms with Crippen molar-refractivity contribution < 1.29 is 19.4 Å². The van der Waals surface area contributed by atoms with Crippen molar-refractivity contribution in [2.75, 3.05) is 6.61 Å². The monoisotopic (exact) mass is 298 g/mol. The molecule has 0 aromatic heterocycles. The Hall–Kier alpha value is -3.02. The Morgan fingerprint density at radius 1 is 1.23 bits per heavy atom. The molecule has 0 unspecified atom stereocenters. The predicted molar refractivity (Wildman–Crippen MR) is 80.2 cm³/mol. The molecule has 0 bridgehead atoms. The predicted octanol–water partition coefficient (Wildman–Crippen LogP) is 1.68. The number of carbonyl (C=O) groups is 1. The van der Waals surface area contributed by atoms with Gasteiger partial charge in [0, 0.05) is 0 Å². The zero-order valence-electron chi connectivity index (χ0n) is 11.6. The molecular weight excluding hydrogens is 284 g/mol. The van der Waals surface area contributed by atoms with E-state index < -0.39 is 12.0 Å². The van der Waals surface area contributed by atoms with Crippen LogP contribution in [-0.4, -0.2) is 29.9 Å². The van der Waals surface area contributed by atoms with Gasteiger partial charge >= 0.3 is 0 Å². The number of amides is 1. The third kappa shape index (κ3) is 3.17. The molecule has 0 radical (unpaired) electrons. The van der Waals surface area contributed by atoms with Gasteiger partial charge in [-0.15, -0.1) is 0 Å². The zero-order chi connectivity index (χ0) is 15.4. The molecule has 112 valence electrons. The fraction of sp³-hybridized carbons (Fsp3) is 0.125. The van der Waals surface area contributed by atoms with E-state index in [1.165, 1.54) is 12.3 Å². The first-order valence-corrected chi connectivity index (χ1v) is 6.73. The van der Waals surface area contributed by atoms with Gasteiger partial charge in [0.15, 0.2) is 11.5 Å². The first kappa shape index (κ1) is 13.9. The van der Waals surface area contributed by atoms with E-state index in [1.807, 2.05) is 12.1 Å². The highest BCUT2D eigenvalue weighted by molar-refractivity contribution is 5.85. The van der Waals surface area contributed by atoms with E-state index >= 15 is 0 Å². The van der Waals surface area contributed by atoms with Crippen LogP contribution in [0.4, 0.5) is 0 Å². The number of nitrogens with zero attached hydrogens (tertiary/aromatic N) is 1. The minimum Gasteiger partial charge on any atom is -0.508 e. The van der Waals surface area contributed by atoms with E-state index in [0.717, 1.165) is 0 Å². The second kappa shape index (κ2) is 6.17. The highest BCUT2D eigenvalue weighted by Crippen LogP contribution is 2.30. The number of nitrogens with one attached hydrogen (secondary N) is 1. The van der Waals surface area contributed by atoms with E-state index in [2.05, 4.69) is 10.5 Å². The van der Waals surface area contributed by atoms with E-state index in [4.69, 9.17) is 9.47 Å². The molecule has 0 aliphatic carbocycles. The number of hydrazone groups is 1. The number of benzene rings is 2. The Bertz CT molecular complexity index is 715. The summed E-state index contributed by atoms with van der Waals surface area (Å²) >= 11 is 0. The van der Waals surface area contributed by atoms with Crippen LogP contribution in [-0.2, 0) is 4.79 Å². The Balaban J connectivity index is 1.59. The molecule has 2 aromatic carbocycles. The van der Waals surface area contributed by atoms with Crippen LogP contribution in [0.1, 0.15) is 5.56 Å². The molecule has 1 aliphatic rings. The van der Waals surface area contributed by atoms with Crippen molar-refractivity contribution in [2.24, 2.45) is 5.10 Å². The number of para-hydroxylation sites is 2. The average Bonchev–Trinajstić information content (AvgIpc) is 2.54. The summed E-state index contributed by atoms with van der Waals surface area (Å²) < 4.78 is 11.0. The highest BCUT2D eigenvalue weighted by atomic mass is 16.6. The molecule has 0 fully saturated rings. The number of hydrogen-bond donors (Lipinski definition) is 2. The molecule has 2 aromatic rings. The van der Waals surface area contributed by atoms with Crippen LogP contribution < -0.4 is 14.9 Å². The lowest BCUT2D eigenvalue weighted by Crippen LogP contribution is -2.42. The van der Waals surface area contributed by atoms with E-state index in [0.29, 0.717) is 17.1 Å². The number of phenolic OH excluding ortho intramolecular Hbond substituents is 1. The zero-order valence-corrected chi connectivity index (χ0v) is 11.6. The van der Waals surface area contributed by atoms with Gasteiger partial charge in [-0.2, -0.15) is 5.10 Å². The summed E-state index contributed by atoms with van der Waals surface area (Å²) in [6.07, 6.45) is 0.686. The SMILES string of the molecule is O=C(N/N=C/c1cccc(O)c1)[C@H]1COc2ccccc2O1. The minimum atomic E-state index is -0.753. The maximum Gasteiger partial charge on any atom is 0.284 e. The molecule has 1 amide bonds. The molecule has 1 aliphatic heterocycles. The standard InChI is InChI=1S/C16H14N2O4/c19-12-5-3-4-11(8-12)9-17-18-16(20)15-10-21-13-6-1-2-7-14(13)22-15/h1-9,15,19H,10H2,(H,18,20)/b17-9+/t15-/m1/s1. The number of fused-ring (bicyclic) bond motifs is 1. The smallest absolute Gasteiger partial charge is 0.284 e. The topological polar surface area (TPSA) is 80.2 Å². The van der Waals surface area contributed by atoms with Crippen molar-refractivity contribution >= 4 is 12.1 Å². The number of aromatic hydroxyl groups is 1. The summed E-state index contributed by atoms with van der Waals surface area (Å²) in [6.45, 7) is 0.129. The van der Waals surface area contributed by atoms with Gasteiger partial charge in [0.25, 0.3) is 5.91 Å². The number of rotatable bonds is 3. The van der Waals surface area contributed by atoms with Crippen molar-refractivity contribution in [3.8, 4) is 17.2 Å². The molecule has 22 heavy (non-hydrogen) atoms. The second-order valence-corrected chi connectivity index (χ2v) is 4.69. The lowest BCUT2D eigenvalue weighted by atomic mass is 10.2. The molecule has 6 nitrogen and oxygen atoms in total. The van der Waals surface area contributed by atoms with Crippen molar-refractivity contribution in [1.82, 2.24) is 5.43 Å². The second-order valence-electron chi connectivity index (χ2n) is 4.69. The lowest BCUT2D eigenvalue weighted by Gasteiger charge is -2.24. The summed E-state index contributed by atoms with van der Waals surface area (Å²) in [5.41, 5.74) is 3.07. The van der Waals surface area contributed by atoms with Gasteiger partial charge in [-0.25, -0.2) is 5.43 Å². The maximum absolute atomic E-state index is 12.0. The average molecular weight is 298 g/mol. The largest absolute Gasteiger partial charge is 0.508 e. The minimum absolute atomic E-state index is 0.129. The number of hydrogen-bond acceptors (Lipinski definition) is 5. The van der Waals surface area contributed by atoms with Gasteiger partial charge in [-0.05, 0) is 29.8 Å². The van der Waals surface area contributed by atoms with Crippen LogP contribution >= 0.6 is 0 Å². The fourth-order valence-corrected chi connectivity index (χ4v) is 2.00. The Kier molecular flexibility index (Phi) is 3.91. The Labute approximate surface area is 127 Å². The third-order valence-corrected chi connectivity index (χ3v) is 3.06. The molecule has 0 saturated carbocycles. The summed E-state index contributed by atoms with van der Waals surface area (Å²) in [5.74, 6) is 0.891. The molecule has 6 heteroatoms. The highest BCUT2D eigenvalue weighted by Gasteiger charge is 2.26. The van der Waals surface area contributed by atoms with Crippen LogP contribution in [0.3, 0.4) is 0 Å². The van der Waals surface area contributed by atoms with Crippen LogP contribution in [0.25, 0.3) is 0 Å². The summed E-state index contributed by atoms with van der Waals surface area (Å²) in [5, 5.41) is 13.2. The number of phenols is 1. The Morgan fingerprint density at radius 2 is 2.05 bits per heavy atom. The van der Waals surface area contributed by atoms with Gasteiger partial charge < -0.3 is 14.6 Å². The van der Waals surface area contributed by atoms with E-state index in [-0.39, 0.29) is 12.4 Å². The molecule has 0 saturated heterocycles. The molecule has 0 spiro atoms. The number of ether oxygens (including phenoxy) is 2. The van der Waals surface area contributed by atoms with Gasteiger partial charge in [-0.1, -0.05) is 24.3 Å². The van der Waals surface area contributed by atoms with Crippen molar-refractivity contribution in [2.45, 2.75) is 6.10 Å². The van der Waals surface area contributed by atoms with Crippen molar-refractivity contribution in [3.63, 3.8) is 0 Å². The molecule has 3 rings (SSSR count). The van der Waals surface area contributed by atoms with Crippen LogP contribution in [0.5, 0.6) is 17.2 Å². The Morgan fingerprint density at radius 3 is 2.86 bits per heavy atom. The summed E-state index contributed by atoms with van der Waals surface area (Å²) in [7, 11) is 0. The molecule has 1 atom stereocenters. The third-order valence-electron chi connectivity index (χ3n) is 3.06. The van der Waals surface area contributed by atoms with Crippen molar-refractivity contribution in [1.29, 1.82) is 0 Å². The fourth-order valence-electron chi connectivity index (χ4n) is 2.00. The first-order valence-electron chi connectivity index (χ1n) is 6.73. The van der Waals surface area contributed by atoms with Crippen molar-refractivity contribution in [3.05, 3.63) is 54.1 Å². The van der Waals surface area contributed by atoms with Crippen LogP contribution in [0, 0.1) is 0 Å². The van der Waals surface area contributed by atoms with Crippen LogP contribution in [0.15, 0.2) is 53.6 Å². The summed E-state index contributed by atoms with van der Waals surface area (Å²) in [6, 6.07) is 13.7. The van der Waals surface area contributed by atoms with Gasteiger partial charge in [0.05, 0.1) is 6.21 Å². The van der Waals surface area contributed by atoms with Gasteiger partial charge in [-0.3, -0.25) is 4.79 Å². The molecular formula is C16H14N2O4. The van der Waals surface area contributed by atoms with E-state index in [1.54, 1.807) is 30.3 Å². The maximum atomic E-state index is 12.0. The molecule has 1 heterocycles. The van der Waals surface area contributed by atoms with Gasteiger partial charge in [0.1, 0.15) is 12.4 Å². The quantitative estimate of drug-likeness (QED) is 0.667. The van der Waals surface area contributed by atoms with Gasteiger partial charge in [0.2, 0.25) is 6.10 Å². The summed E-state index contributed by atoms with van der Waals surface area (Å²) in [4.78, 5) is 12.0. The first-order chi connectivity index (χ1) is 10.7.